The van der Waals surface area contributed by atoms with Gasteiger partial charge in [0.2, 0.25) is 0 Å². The number of halogens is 1. The van der Waals surface area contributed by atoms with E-state index in [0.29, 0.717) is 12.6 Å². The van der Waals surface area contributed by atoms with Crippen LogP contribution >= 0.6 is 24.0 Å². The predicted molar refractivity (Wildman–Crippen MR) is 120 cm³/mol. The fraction of sp³-hybridized carbons (Fsp3) is 0.600. The van der Waals surface area contributed by atoms with E-state index in [4.69, 9.17) is 4.74 Å². The Bertz CT molecular complexity index is 682. The normalized spacial score (nSPS) is 22.9. The molecule has 7 heteroatoms. The minimum Gasteiger partial charge on any atom is -0.469 e. The lowest BCUT2D eigenvalue weighted by Gasteiger charge is -2.29. The van der Waals surface area contributed by atoms with Crippen LogP contribution in [0.4, 0.5) is 5.69 Å². The molecular formula is C20H31IN4O2. The van der Waals surface area contributed by atoms with Crippen LogP contribution in [0.3, 0.4) is 0 Å². The molecule has 0 radical (unpaired) electrons. The molecule has 0 bridgehead atoms. The second-order valence-corrected chi connectivity index (χ2v) is 7.36. The standard InChI is InChI=1S/C20H30N4O2.HI/c1-14-12-23(13-17(14)19(25)26-4)20(21-3)22-11-15(2)24-10-9-16-7-5-6-8-18(16)24;/h5-8,14-15,17H,9-13H2,1-4H3,(H,21,22);1H. The summed E-state index contributed by atoms with van der Waals surface area (Å²) in [6.45, 7) is 7.69. The highest BCUT2D eigenvalue weighted by Crippen LogP contribution is 2.29. The molecule has 0 spiro atoms. The van der Waals surface area contributed by atoms with Crippen LogP contribution in [0.5, 0.6) is 0 Å². The number of nitrogens with zero attached hydrogens (tertiary/aromatic N) is 3. The number of esters is 1. The van der Waals surface area contributed by atoms with E-state index < -0.39 is 0 Å². The van der Waals surface area contributed by atoms with Crippen molar-refractivity contribution in [3.05, 3.63) is 29.8 Å². The van der Waals surface area contributed by atoms with Crippen LogP contribution < -0.4 is 10.2 Å². The molecule has 2 heterocycles. The molecule has 1 fully saturated rings. The summed E-state index contributed by atoms with van der Waals surface area (Å²) in [7, 11) is 3.26. The van der Waals surface area contributed by atoms with Crippen molar-refractivity contribution in [2.45, 2.75) is 26.3 Å². The first-order valence-electron chi connectivity index (χ1n) is 9.43. The number of para-hydroxylation sites is 1. The molecule has 2 aliphatic heterocycles. The van der Waals surface area contributed by atoms with Crippen molar-refractivity contribution in [1.82, 2.24) is 10.2 Å². The van der Waals surface area contributed by atoms with Crippen LogP contribution in [0, 0.1) is 11.8 Å². The summed E-state index contributed by atoms with van der Waals surface area (Å²) >= 11 is 0. The lowest BCUT2D eigenvalue weighted by atomic mass is 9.99. The van der Waals surface area contributed by atoms with Crippen LogP contribution in [-0.2, 0) is 16.0 Å². The van der Waals surface area contributed by atoms with Crippen molar-refractivity contribution in [3.8, 4) is 0 Å². The molecule has 1 aromatic carbocycles. The number of methoxy groups -OCH3 is 1. The lowest BCUT2D eigenvalue weighted by molar-refractivity contribution is -0.145. The monoisotopic (exact) mass is 486 g/mol. The highest BCUT2D eigenvalue weighted by molar-refractivity contribution is 14.0. The van der Waals surface area contributed by atoms with E-state index in [-0.39, 0.29) is 41.8 Å². The average molecular weight is 486 g/mol. The van der Waals surface area contributed by atoms with Gasteiger partial charge in [0.05, 0.1) is 13.0 Å². The first-order chi connectivity index (χ1) is 12.5. The van der Waals surface area contributed by atoms with E-state index >= 15 is 0 Å². The first kappa shape index (κ1) is 21.8. The molecule has 0 aromatic heterocycles. The summed E-state index contributed by atoms with van der Waals surface area (Å²) in [6.07, 6.45) is 1.11. The molecule has 1 aromatic rings. The molecular weight excluding hydrogens is 455 g/mol. The zero-order valence-corrected chi connectivity index (χ0v) is 19.0. The summed E-state index contributed by atoms with van der Waals surface area (Å²) < 4.78 is 4.93. The third-order valence-electron chi connectivity index (χ3n) is 5.64. The number of carbonyl (C=O) groups excluding carboxylic acids is 1. The van der Waals surface area contributed by atoms with Crippen molar-refractivity contribution < 1.29 is 9.53 Å². The SMILES string of the molecule is CN=C(NCC(C)N1CCc2ccccc21)N1CC(C)C(C(=O)OC)C1.I. The number of aliphatic imine (C=N–C) groups is 1. The second kappa shape index (κ2) is 9.61. The van der Waals surface area contributed by atoms with Gasteiger partial charge < -0.3 is 19.9 Å². The molecule has 150 valence electrons. The van der Waals surface area contributed by atoms with Crippen molar-refractivity contribution >= 4 is 41.6 Å². The van der Waals surface area contributed by atoms with E-state index in [1.807, 2.05) is 0 Å². The smallest absolute Gasteiger partial charge is 0.310 e. The van der Waals surface area contributed by atoms with E-state index in [1.165, 1.54) is 18.4 Å². The summed E-state index contributed by atoms with van der Waals surface area (Å²) in [5.74, 6) is 0.922. The molecule has 3 rings (SSSR count). The van der Waals surface area contributed by atoms with Gasteiger partial charge >= 0.3 is 5.97 Å². The Morgan fingerprint density at radius 2 is 2.11 bits per heavy atom. The highest BCUT2D eigenvalue weighted by atomic mass is 127. The van der Waals surface area contributed by atoms with Crippen LogP contribution in [-0.4, -0.2) is 63.2 Å². The highest BCUT2D eigenvalue weighted by Gasteiger charge is 2.37. The zero-order chi connectivity index (χ0) is 18.7. The summed E-state index contributed by atoms with van der Waals surface area (Å²) in [6, 6.07) is 9.00. The van der Waals surface area contributed by atoms with Crippen molar-refractivity contribution in [3.63, 3.8) is 0 Å². The number of benzene rings is 1. The minimum absolute atomic E-state index is 0. The Hall–Kier alpha value is -1.51. The third kappa shape index (κ3) is 4.67. The molecule has 0 aliphatic carbocycles. The lowest BCUT2D eigenvalue weighted by Crippen LogP contribution is -2.47. The van der Waals surface area contributed by atoms with Crippen molar-refractivity contribution in [2.75, 3.05) is 45.2 Å². The molecule has 0 amide bonds. The van der Waals surface area contributed by atoms with Gasteiger partial charge in [0, 0.05) is 45.0 Å². The van der Waals surface area contributed by atoms with Crippen LogP contribution in [0.1, 0.15) is 19.4 Å². The van der Waals surface area contributed by atoms with Gasteiger partial charge in [-0.05, 0) is 30.9 Å². The van der Waals surface area contributed by atoms with Gasteiger partial charge in [0.15, 0.2) is 5.96 Å². The number of hydrogen-bond acceptors (Lipinski definition) is 4. The largest absolute Gasteiger partial charge is 0.469 e. The van der Waals surface area contributed by atoms with Crippen LogP contribution in [0.15, 0.2) is 29.3 Å². The van der Waals surface area contributed by atoms with Gasteiger partial charge in [-0.1, -0.05) is 25.1 Å². The van der Waals surface area contributed by atoms with Crippen LogP contribution in [0.2, 0.25) is 0 Å². The Kier molecular flexibility index (Phi) is 7.76. The van der Waals surface area contributed by atoms with Gasteiger partial charge in [-0.15, -0.1) is 24.0 Å². The fourth-order valence-corrected chi connectivity index (χ4v) is 4.10. The average Bonchev–Trinajstić information content (AvgIpc) is 3.25. The maximum atomic E-state index is 11.9. The summed E-state index contributed by atoms with van der Waals surface area (Å²) in [5.41, 5.74) is 2.77. The summed E-state index contributed by atoms with van der Waals surface area (Å²) in [4.78, 5) is 21.0. The number of likely N-dealkylation sites (tertiary alicyclic amines) is 1. The van der Waals surface area contributed by atoms with E-state index in [2.05, 4.69) is 58.2 Å². The number of nitrogens with one attached hydrogen (secondary N) is 1. The topological polar surface area (TPSA) is 57.2 Å². The quantitative estimate of drug-likeness (QED) is 0.307. The van der Waals surface area contributed by atoms with Crippen molar-refractivity contribution in [2.24, 2.45) is 16.8 Å². The van der Waals surface area contributed by atoms with Gasteiger partial charge in [0.1, 0.15) is 0 Å². The first-order valence-corrected chi connectivity index (χ1v) is 9.43. The fourth-order valence-electron chi connectivity index (χ4n) is 4.10. The number of ether oxygens (including phenoxy) is 1. The zero-order valence-electron chi connectivity index (χ0n) is 16.6. The van der Waals surface area contributed by atoms with Crippen molar-refractivity contribution in [1.29, 1.82) is 0 Å². The molecule has 1 saturated heterocycles. The summed E-state index contributed by atoms with van der Waals surface area (Å²) in [5, 5.41) is 3.50. The number of hydrogen-bond donors (Lipinski definition) is 1. The maximum absolute atomic E-state index is 11.9. The number of rotatable bonds is 4. The number of anilines is 1. The number of fused-ring (bicyclic) bond motifs is 1. The minimum atomic E-state index is -0.127. The number of guanidine groups is 1. The molecule has 27 heavy (non-hydrogen) atoms. The molecule has 0 saturated carbocycles. The molecule has 6 nitrogen and oxygen atoms in total. The van der Waals surface area contributed by atoms with Gasteiger partial charge in [-0.2, -0.15) is 0 Å². The Morgan fingerprint density at radius 1 is 1.37 bits per heavy atom. The molecule has 3 atom stereocenters. The molecule has 3 unspecified atom stereocenters. The van der Waals surface area contributed by atoms with Gasteiger partial charge in [-0.25, -0.2) is 0 Å². The van der Waals surface area contributed by atoms with Crippen LogP contribution in [0.25, 0.3) is 0 Å². The molecule has 1 N–H and O–H groups in total. The molecule has 2 aliphatic rings. The van der Waals surface area contributed by atoms with E-state index in [1.54, 1.807) is 7.05 Å². The van der Waals surface area contributed by atoms with Gasteiger partial charge in [-0.3, -0.25) is 9.79 Å². The van der Waals surface area contributed by atoms with Gasteiger partial charge in [0.25, 0.3) is 0 Å². The third-order valence-corrected chi connectivity index (χ3v) is 5.64. The Labute approximate surface area is 179 Å². The number of carbonyl (C=O) groups is 1. The predicted octanol–water partition coefficient (Wildman–Crippen LogP) is 2.37. The Balaban J connectivity index is 0.00000261. The second-order valence-electron chi connectivity index (χ2n) is 7.36. The Morgan fingerprint density at radius 3 is 2.81 bits per heavy atom. The van der Waals surface area contributed by atoms with E-state index in [9.17, 15) is 4.79 Å². The van der Waals surface area contributed by atoms with E-state index in [0.717, 1.165) is 32.0 Å². The maximum Gasteiger partial charge on any atom is 0.310 e.